The third-order valence-corrected chi connectivity index (χ3v) is 21.9. The molecule has 0 fully saturated rings. The van der Waals surface area contributed by atoms with Crippen LogP contribution in [0.15, 0.2) is 322 Å². The lowest BCUT2D eigenvalue weighted by molar-refractivity contribution is 0.270. The maximum Gasteiger partial charge on any atom is 0.123 e. The Labute approximate surface area is 793 Å². The molecule has 0 heterocycles. The van der Waals surface area contributed by atoms with Gasteiger partial charge in [-0.1, -0.05) is 104 Å². The predicted octanol–water partition coefficient (Wildman–Crippen LogP) is 24.4. The van der Waals surface area contributed by atoms with Crippen molar-refractivity contribution in [3.05, 3.63) is 405 Å². The number of rotatable bonds is 51. The highest BCUT2D eigenvalue weighted by Crippen LogP contribution is 2.37. The summed E-state index contributed by atoms with van der Waals surface area (Å²) >= 11 is 0. The van der Waals surface area contributed by atoms with E-state index in [1.807, 2.05) is 322 Å². The standard InChI is InChI=1S/C114H110O22/c1-10-78-43-101(131-72-91-53-111(133-74-87-45-103(123-64-79-11-27-93(115-2)28-12-79)58-104(46-87)124-65-80-13-29-94(116-3)30-14-80)62-112(54-91)134-75-88-47-105(125-66-81-15-31-95(117-4)32-16-81)59-106(48-88)126-67-82-17-33-96(118-5)34-18-82)57-102(44-78)132-73-92-55-113(135-76-89-49-107(127-68-83-19-35-97(119-6)36-20-83)60-108(50-89)128-69-84-21-37-98(120-7)38-22-84)63-114(56-92)136-77-90-51-109(129-70-85-23-39-99(121-8)40-24-85)61-110(52-90)130-71-86-25-41-100(122-9)42-26-86/h11-63H,10,64-77H2,1-9H3. The van der Waals surface area contributed by atoms with E-state index in [0.29, 0.717) is 140 Å². The zero-order valence-corrected chi connectivity index (χ0v) is 77.7. The van der Waals surface area contributed by atoms with Crippen LogP contribution in [-0.2, 0) is 98.9 Å². The van der Waals surface area contributed by atoms with Crippen molar-refractivity contribution < 1.29 is 104 Å². The van der Waals surface area contributed by atoms with Crippen molar-refractivity contribution in [3.63, 3.8) is 0 Å². The number of benzene rings is 15. The fraction of sp³-hybridized carbons (Fsp3) is 0.211. The average Bonchev–Trinajstić information content (AvgIpc) is 0.836. The molecule has 0 amide bonds. The third-order valence-electron chi connectivity index (χ3n) is 21.9. The van der Waals surface area contributed by atoms with Gasteiger partial charge in [-0.25, -0.2) is 0 Å². The molecule has 0 bridgehead atoms. The summed E-state index contributed by atoms with van der Waals surface area (Å²) in [5, 5.41) is 0. The molecule has 0 atom stereocenters. The average molecular weight is 1830 g/mol. The first-order valence-corrected chi connectivity index (χ1v) is 44.5. The van der Waals surface area contributed by atoms with Gasteiger partial charge in [0.2, 0.25) is 0 Å². The van der Waals surface area contributed by atoms with Crippen molar-refractivity contribution in [1.29, 1.82) is 0 Å². The molecule has 0 radical (unpaired) electrons. The van der Waals surface area contributed by atoms with Gasteiger partial charge in [0.25, 0.3) is 0 Å². The zero-order valence-electron chi connectivity index (χ0n) is 77.7. The minimum absolute atomic E-state index is 0.0955. The highest BCUT2D eigenvalue weighted by molar-refractivity contribution is 5.49. The Hall–Kier alpha value is -16.1. The van der Waals surface area contributed by atoms with E-state index < -0.39 is 0 Å². The smallest absolute Gasteiger partial charge is 0.123 e. The summed E-state index contributed by atoms with van der Waals surface area (Å²) in [5.41, 5.74) is 13.3. The fourth-order valence-electron chi connectivity index (χ4n) is 14.4. The lowest BCUT2D eigenvalue weighted by Gasteiger charge is -2.17. The minimum atomic E-state index is 0.0955. The molecule has 0 aromatic heterocycles. The Bertz CT molecular complexity index is 5290. The molecule has 0 saturated heterocycles. The largest absolute Gasteiger partial charge is 0.497 e. The van der Waals surface area contributed by atoms with Gasteiger partial charge in [0.15, 0.2) is 0 Å². The highest BCUT2D eigenvalue weighted by Gasteiger charge is 2.18. The fourth-order valence-corrected chi connectivity index (χ4v) is 14.4. The second kappa shape index (κ2) is 48.3. The van der Waals surface area contributed by atoms with Gasteiger partial charge >= 0.3 is 0 Å². The van der Waals surface area contributed by atoms with Crippen molar-refractivity contribution in [1.82, 2.24) is 0 Å². The summed E-state index contributed by atoms with van der Waals surface area (Å²) in [6.07, 6.45) is 0.671. The minimum Gasteiger partial charge on any atom is -0.497 e. The van der Waals surface area contributed by atoms with Gasteiger partial charge in [0.1, 0.15) is 219 Å². The van der Waals surface area contributed by atoms with Crippen LogP contribution >= 0.6 is 0 Å². The van der Waals surface area contributed by atoms with Crippen LogP contribution in [0.2, 0.25) is 0 Å². The van der Waals surface area contributed by atoms with Gasteiger partial charge in [-0.2, -0.15) is 0 Å². The van der Waals surface area contributed by atoms with Gasteiger partial charge in [0, 0.05) is 42.5 Å². The van der Waals surface area contributed by atoms with Gasteiger partial charge in [-0.3, -0.25) is 0 Å². The van der Waals surface area contributed by atoms with E-state index in [1.165, 1.54) is 0 Å². The van der Waals surface area contributed by atoms with E-state index in [4.69, 9.17) is 104 Å². The Morgan fingerprint density at radius 2 is 0.206 bits per heavy atom. The molecular formula is C114H110O22. The van der Waals surface area contributed by atoms with Crippen molar-refractivity contribution in [2.45, 2.75) is 106 Å². The lowest BCUT2D eigenvalue weighted by Crippen LogP contribution is -2.04. The summed E-state index contributed by atoms with van der Waals surface area (Å²) in [5.74, 6) is 13.8. The normalized spacial score (nSPS) is 10.8. The van der Waals surface area contributed by atoms with Crippen LogP contribution in [0.25, 0.3) is 0 Å². The number of hydrogen-bond donors (Lipinski definition) is 0. The molecule has 0 aliphatic heterocycles. The molecule has 0 aliphatic rings. The van der Waals surface area contributed by atoms with Crippen LogP contribution in [0.3, 0.4) is 0 Å². The second-order valence-corrected chi connectivity index (χ2v) is 31.9. The molecule has 136 heavy (non-hydrogen) atoms. The monoisotopic (exact) mass is 1830 g/mol. The Kier molecular flexibility index (Phi) is 33.6. The van der Waals surface area contributed by atoms with E-state index in [1.54, 1.807) is 56.9 Å². The third kappa shape index (κ3) is 29.0. The molecule has 0 saturated carbocycles. The molecule has 0 aliphatic carbocycles. The number of methoxy groups -OCH3 is 8. The van der Waals surface area contributed by atoms with Crippen molar-refractivity contribution in [2.75, 3.05) is 56.9 Å². The molecule has 0 N–H and O–H groups in total. The summed E-state index contributed by atoms with van der Waals surface area (Å²) < 4.78 is 136. The Balaban J connectivity index is 0.714. The number of aryl methyl sites for hydroxylation is 1. The van der Waals surface area contributed by atoms with Crippen LogP contribution in [0.5, 0.6) is 126 Å². The van der Waals surface area contributed by atoms with Crippen LogP contribution in [0.4, 0.5) is 0 Å². The molecule has 15 aromatic carbocycles. The Morgan fingerprint density at radius 1 is 0.110 bits per heavy atom. The second-order valence-electron chi connectivity index (χ2n) is 31.9. The first-order valence-electron chi connectivity index (χ1n) is 44.5. The molecule has 0 unspecified atom stereocenters. The van der Waals surface area contributed by atoms with Gasteiger partial charge < -0.3 is 104 Å². The molecular weight excluding hydrogens is 1720 g/mol. The maximum atomic E-state index is 6.86. The summed E-state index contributed by atoms with van der Waals surface area (Å²) in [6, 6.07) is 103. The maximum absolute atomic E-state index is 6.86. The Morgan fingerprint density at radius 3 is 0.301 bits per heavy atom. The number of hydrogen-bond acceptors (Lipinski definition) is 22. The SMILES string of the molecule is CCc1cc(OCc2cc(OCc3cc(OCc4ccc(OC)cc4)cc(OCc4ccc(OC)cc4)c3)cc(OCc3cc(OCc4ccc(OC)cc4)cc(OCc4ccc(OC)cc4)c3)c2)cc(OCc2cc(OCc3cc(OCc4ccc(OC)cc4)cc(OCc4ccc(OC)cc4)c3)cc(OCc3cc(OCc4ccc(OC)cc4)cc(OCc4ccc(OC)cc4)c3)c2)c1. The predicted molar refractivity (Wildman–Crippen MR) is 519 cm³/mol. The molecule has 15 rings (SSSR count). The van der Waals surface area contributed by atoms with Gasteiger partial charge in [-0.05, 0) is 272 Å². The molecule has 22 nitrogen and oxygen atoms in total. The molecule has 15 aromatic rings. The summed E-state index contributed by atoms with van der Waals surface area (Å²) in [7, 11) is 13.1. The lowest BCUT2D eigenvalue weighted by atomic mass is 10.1. The topological polar surface area (TPSA) is 203 Å². The van der Waals surface area contributed by atoms with E-state index >= 15 is 0 Å². The van der Waals surface area contributed by atoms with E-state index in [0.717, 1.165) is 129 Å². The number of ether oxygens (including phenoxy) is 22. The van der Waals surface area contributed by atoms with Gasteiger partial charge in [0.05, 0.1) is 56.9 Å². The molecule has 22 heteroatoms. The van der Waals surface area contributed by atoms with E-state index in [2.05, 4.69) is 6.92 Å². The van der Waals surface area contributed by atoms with Crippen molar-refractivity contribution in [2.24, 2.45) is 0 Å². The van der Waals surface area contributed by atoms with E-state index in [9.17, 15) is 0 Å². The molecule has 0 spiro atoms. The summed E-state index contributed by atoms with van der Waals surface area (Å²) in [6.45, 7) is 5.08. The molecule has 698 valence electrons. The van der Waals surface area contributed by atoms with Crippen LogP contribution < -0.4 is 104 Å². The quantitative estimate of drug-likeness (QED) is 0.0348. The highest BCUT2D eigenvalue weighted by atomic mass is 16.5. The first-order chi connectivity index (χ1) is 66.7. The summed E-state index contributed by atoms with van der Waals surface area (Å²) in [4.78, 5) is 0. The zero-order chi connectivity index (χ0) is 94.0. The van der Waals surface area contributed by atoms with Crippen LogP contribution in [0, 0.1) is 0 Å². The van der Waals surface area contributed by atoms with Crippen LogP contribution in [-0.4, -0.2) is 56.9 Å². The van der Waals surface area contributed by atoms with Crippen molar-refractivity contribution >= 4 is 0 Å². The first kappa shape index (κ1) is 94.5. The van der Waals surface area contributed by atoms with Crippen molar-refractivity contribution in [3.8, 4) is 126 Å². The van der Waals surface area contributed by atoms with Crippen LogP contribution in [0.1, 0.15) is 90.4 Å². The van der Waals surface area contributed by atoms with E-state index in [-0.39, 0.29) is 39.6 Å². The van der Waals surface area contributed by atoms with Gasteiger partial charge in [-0.15, -0.1) is 0 Å².